The Bertz CT molecular complexity index is 517. The Hall–Kier alpha value is -1.84. The van der Waals surface area contributed by atoms with Crippen molar-refractivity contribution in [1.82, 2.24) is 5.32 Å². The van der Waals surface area contributed by atoms with Crippen LogP contribution < -0.4 is 5.32 Å². The molecule has 2 N–H and O–H groups in total. The number of aliphatic carboxylic acids is 1. The molecule has 1 amide bonds. The predicted octanol–water partition coefficient (Wildman–Crippen LogP) is 3.15. The first-order chi connectivity index (χ1) is 10.0. The van der Waals surface area contributed by atoms with E-state index in [0.29, 0.717) is 18.4 Å². The zero-order valence-electron chi connectivity index (χ0n) is 12.5. The van der Waals surface area contributed by atoms with E-state index in [0.717, 1.165) is 31.2 Å². The molecule has 0 radical (unpaired) electrons. The number of carboxylic acids is 1. The van der Waals surface area contributed by atoms with Crippen LogP contribution in [0.3, 0.4) is 0 Å². The summed E-state index contributed by atoms with van der Waals surface area (Å²) in [7, 11) is 0. The van der Waals surface area contributed by atoms with E-state index < -0.39 is 11.4 Å². The van der Waals surface area contributed by atoms with Gasteiger partial charge in [0, 0.05) is 12.1 Å². The van der Waals surface area contributed by atoms with Gasteiger partial charge in [-0.25, -0.2) is 0 Å². The van der Waals surface area contributed by atoms with E-state index in [1.54, 1.807) is 6.07 Å². The molecule has 0 aliphatic heterocycles. The van der Waals surface area contributed by atoms with Gasteiger partial charge in [-0.3, -0.25) is 9.59 Å². The summed E-state index contributed by atoms with van der Waals surface area (Å²) in [6.45, 7) is 2.15. The van der Waals surface area contributed by atoms with Gasteiger partial charge in [-0.05, 0) is 31.9 Å². The first-order valence-corrected chi connectivity index (χ1v) is 7.62. The number of carboxylic acid groups (broad SMARTS) is 1. The van der Waals surface area contributed by atoms with Gasteiger partial charge in [0.2, 0.25) is 0 Å². The molecular formula is C17H23NO3. The summed E-state index contributed by atoms with van der Waals surface area (Å²) in [6, 6.07) is 7.34. The zero-order valence-corrected chi connectivity index (χ0v) is 12.5. The SMILES string of the molecule is Cc1cccc(C(=O)NCC2(C(=O)O)CCCCCC2)c1. The minimum atomic E-state index is -0.796. The van der Waals surface area contributed by atoms with Gasteiger partial charge in [-0.2, -0.15) is 0 Å². The molecule has 1 aromatic carbocycles. The van der Waals surface area contributed by atoms with Crippen molar-refractivity contribution < 1.29 is 14.7 Å². The lowest BCUT2D eigenvalue weighted by Gasteiger charge is -2.28. The van der Waals surface area contributed by atoms with E-state index in [2.05, 4.69) is 5.32 Å². The lowest BCUT2D eigenvalue weighted by molar-refractivity contribution is -0.149. The minimum Gasteiger partial charge on any atom is -0.481 e. The maximum Gasteiger partial charge on any atom is 0.311 e. The van der Waals surface area contributed by atoms with Crippen molar-refractivity contribution in [2.24, 2.45) is 5.41 Å². The highest BCUT2D eigenvalue weighted by Crippen LogP contribution is 2.34. The van der Waals surface area contributed by atoms with Crippen molar-refractivity contribution in [2.75, 3.05) is 6.54 Å². The summed E-state index contributed by atoms with van der Waals surface area (Å²) < 4.78 is 0. The predicted molar refractivity (Wildman–Crippen MR) is 81.3 cm³/mol. The Kier molecular flexibility index (Phi) is 4.99. The normalized spacial score (nSPS) is 17.8. The Morgan fingerprint density at radius 1 is 1.19 bits per heavy atom. The molecule has 1 aliphatic carbocycles. The maximum atomic E-state index is 12.2. The molecule has 0 atom stereocenters. The van der Waals surface area contributed by atoms with Gasteiger partial charge >= 0.3 is 5.97 Å². The molecule has 4 heteroatoms. The van der Waals surface area contributed by atoms with Crippen LogP contribution in [0.1, 0.15) is 54.4 Å². The smallest absolute Gasteiger partial charge is 0.311 e. The number of aryl methyl sites for hydroxylation is 1. The van der Waals surface area contributed by atoms with Crippen molar-refractivity contribution in [3.8, 4) is 0 Å². The standard InChI is InChI=1S/C17H23NO3/c1-13-7-6-8-14(11-13)15(19)18-12-17(16(20)21)9-4-2-3-5-10-17/h6-8,11H,2-5,9-10,12H2,1H3,(H,18,19)(H,20,21). The Labute approximate surface area is 125 Å². The van der Waals surface area contributed by atoms with Crippen LogP contribution in [0.15, 0.2) is 24.3 Å². The van der Waals surface area contributed by atoms with Crippen molar-refractivity contribution >= 4 is 11.9 Å². The monoisotopic (exact) mass is 289 g/mol. The van der Waals surface area contributed by atoms with Crippen molar-refractivity contribution in [2.45, 2.75) is 45.4 Å². The molecule has 4 nitrogen and oxygen atoms in total. The van der Waals surface area contributed by atoms with Gasteiger partial charge in [0.05, 0.1) is 5.41 Å². The van der Waals surface area contributed by atoms with Crippen molar-refractivity contribution in [1.29, 1.82) is 0 Å². The molecule has 114 valence electrons. The third-order valence-corrected chi connectivity index (χ3v) is 4.38. The van der Waals surface area contributed by atoms with E-state index in [1.165, 1.54) is 0 Å². The average Bonchev–Trinajstić information content (AvgIpc) is 2.71. The van der Waals surface area contributed by atoms with Crippen LogP contribution in [-0.4, -0.2) is 23.5 Å². The number of carbonyl (C=O) groups excluding carboxylic acids is 1. The van der Waals surface area contributed by atoms with Crippen LogP contribution >= 0.6 is 0 Å². The molecule has 0 heterocycles. The van der Waals surface area contributed by atoms with Crippen LogP contribution in [0, 0.1) is 12.3 Å². The number of hydrogen-bond donors (Lipinski definition) is 2. The van der Waals surface area contributed by atoms with Gasteiger partial charge in [-0.1, -0.05) is 43.4 Å². The highest BCUT2D eigenvalue weighted by Gasteiger charge is 2.38. The molecule has 0 bridgehead atoms. The third kappa shape index (κ3) is 3.84. The molecule has 0 saturated heterocycles. The summed E-state index contributed by atoms with van der Waals surface area (Å²) in [6.07, 6.45) is 5.31. The molecule has 0 unspecified atom stereocenters. The second kappa shape index (κ2) is 6.74. The molecular weight excluding hydrogens is 266 g/mol. The van der Waals surface area contributed by atoms with Gasteiger partial charge in [0.15, 0.2) is 0 Å². The van der Waals surface area contributed by atoms with Crippen molar-refractivity contribution in [3.63, 3.8) is 0 Å². The molecule has 1 saturated carbocycles. The second-order valence-electron chi connectivity index (χ2n) is 6.05. The number of benzene rings is 1. The minimum absolute atomic E-state index is 0.191. The summed E-state index contributed by atoms with van der Waals surface area (Å²) in [5.41, 5.74) is 0.810. The quantitative estimate of drug-likeness (QED) is 0.837. The molecule has 1 aliphatic rings. The van der Waals surface area contributed by atoms with Crippen LogP contribution in [0.4, 0.5) is 0 Å². The van der Waals surface area contributed by atoms with Gasteiger partial charge in [0.25, 0.3) is 5.91 Å². The summed E-state index contributed by atoms with van der Waals surface area (Å²) >= 11 is 0. The van der Waals surface area contributed by atoms with Crippen LogP contribution in [0.25, 0.3) is 0 Å². The molecule has 1 fully saturated rings. The second-order valence-corrected chi connectivity index (χ2v) is 6.05. The maximum absolute atomic E-state index is 12.2. The van der Waals surface area contributed by atoms with E-state index in [9.17, 15) is 14.7 Å². The molecule has 2 rings (SSSR count). The van der Waals surface area contributed by atoms with Crippen LogP contribution in [-0.2, 0) is 4.79 Å². The largest absolute Gasteiger partial charge is 0.481 e. The third-order valence-electron chi connectivity index (χ3n) is 4.38. The highest BCUT2D eigenvalue weighted by molar-refractivity contribution is 5.94. The van der Waals surface area contributed by atoms with E-state index in [1.807, 2.05) is 25.1 Å². The van der Waals surface area contributed by atoms with E-state index >= 15 is 0 Å². The first-order valence-electron chi connectivity index (χ1n) is 7.62. The number of amides is 1. The summed E-state index contributed by atoms with van der Waals surface area (Å²) in [5.74, 6) is -0.975. The Balaban J connectivity index is 2.04. The number of carbonyl (C=O) groups is 2. The van der Waals surface area contributed by atoms with Crippen LogP contribution in [0.5, 0.6) is 0 Å². The zero-order chi connectivity index (χ0) is 15.3. The fraction of sp³-hybridized carbons (Fsp3) is 0.529. The number of nitrogens with one attached hydrogen (secondary N) is 1. The average molecular weight is 289 g/mol. The topological polar surface area (TPSA) is 66.4 Å². The van der Waals surface area contributed by atoms with Crippen molar-refractivity contribution in [3.05, 3.63) is 35.4 Å². The summed E-state index contributed by atoms with van der Waals surface area (Å²) in [4.78, 5) is 23.9. The Morgan fingerprint density at radius 2 is 1.86 bits per heavy atom. The number of rotatable bonds is 4. The van der Waals surface area contributed by atoms with Gasteiger partial charge < -0.3 is 10.4 Å². The molecule has 21 heavy (non-hydrogen) atoms. The van der Waals surface area contributed by atoms with Crippen LogP contribution in [0.2, 0.25) is 0 Å². The lowest BCUT2D eigenvalue weighted by Crippen LogP contribution is -2.42. The van der Waals surface area contributed by atoms with E-state index in [-0.39, 0.29) is 12.5 Å². The van der Waals surface area contributed by atoms with Gasteiger partial charge in [-0.15, -0.1) is 0 Å². The lowest BCUT2D eigenvalue weighted by atomic mass is 9.80. The molecule has 0 spiro atoms. The highest BCUT2D eigenvalue weighted by atomic mass is 16.4. The van der Waals surface area contributed by atoms with Gasteiger partial charge in [0.1, 0.15) is 0 Å². The number of hydrogen-bond acceptors (Lipinski definition) is 2. The Morgan fingerprint density at radius 3 is 2.43 bits per heavy atom. The molecule has 1 aromatic rings. The van der Waals surface area contributed by atoms with E-state index in [4.69, 9.17) is 0 Å². The summed E-state index contributed by atoms with van der Waals surface area (Å²) in [5, 5.41) is 12.4. The fourth-order valence-corrected chi connectivity index (χ4v) is 3.01. The molecule has 0 aromatic heterocycles. The first kappa shape index (κ1) is 15.5. The fourth-order valence-electron chi connectivity index (χ4n) is 3.01.